The summed E-state index contributed by atoms with van der Waals surface area (Å²) in [4.78, 5) is 7.03. The summed E-state index contributed by atoms with van der Waals surface area (Å²) in [5.74, 6) is 1.38. The van der Waals surface area contributed by atoms with Gasteiger partial charge in [-0.05, 0) is 68.8 Å². The van der Waals surface area contributed by atoms with E-state index in [-0.39, 0.29) is 24.0 Å². The van der Waals surface area contributed by atoms with Gasteiger partial charge in [-0.15, -0.1) is 24.0 Å². The van der Waals surface area contributed by atoms with Crippen LogP contribution in [0.1, 0.15) is 45.1 Å². The molecule has 136 valence electrons. The van der Waals surface area contributed by atoms with Crippen molar-refractivity contribution in [1.29, 1.82) is 0 Å². The predicted octanol–water partition coefficient (Wildman–Crippen LogP) is 4.11. The van der Waals surface area contributed by atoms with Crippen LogP contribution in [0.15, 0.2) is 29.3 Å². The molecule has 1 aromatic carbocycles. The molecule has 0 aliphatic carbocycles. The number of likely N-dealkylation sites (tertiary alicyclic amines) is 1. The van der Waals surface area contributed by atoms with Gasteiger partial charge in [0.1, 0.15) is 0 Å². The first-order valence-electron chi connectivity index (χ1n) is 9.05. The maximum atomic E-state index is 5.97. The highest BCUT2D eigenvalue weighted by molar-refractivity contribution is 14.0. The maximum Gasteiger partial charge on any atom is 0.193 e. The van der Waals surface area contributed by atoms with Crippen LogP contribution in [-0.4, -0.2) is 37.0 Å². The van der Waals surface area contributed by atoms with Gasteiger partial charge in [0.15, 0.2) is 5.96 Å². The van der Waals surface area contributed by atoms with E-state index >= 15 is 0 Å². The molecule has 24 heavy (non-hydrogen) atoms. The number of hydrogen-bond donors (Lipinski definition) is 2. The first kappa shape index (κ1) is 21.2. The number of hydrogen-bond acceptors (Lipinski definition) is 2. The van der Waals surface area contributed by atoms with Crippen molar-refractivity contribution in [3.05, 3.63) is 29.8 Å². The number of rotatable bonds is 7. The molecule has 5 heteroatoms. The molecule has 0 aromatic heterocycles. The van der Waals surface area contributed by atoms with Gasteiger partial charge in [0.25, 0.3) is 0 Å². The Balaban J connectivity index is 0.00000288. The summed E-state index contributed by atoms with van der Waals surface area (Å²) in [7, 11) is 0. The molecule has 0 bridgehead atoms. The van der Waals surface area contributed by atoms with Gasteiger partial charge in [-0.2, -0.15) is 0 Å². The second kappa shape index (κ2) is 11.7. The van der Waals surface area contributed by atoms with Crippen LogP contribution in [0, 0.1) is 5.92 Å². The largest absolute Gasteiger partial charge is 0.370 e. The summed E-state index contributed by atoms with van der Waals surface area (Å²) < 4.78 is 0. The molecule has 1 saturated heterocycles. The molecular weight excluding hydrogens is 411 g/mol. The molecule has 4 nitrogen and oxygen atoms in total. The second-order valence-corrected chi connectivity index (χ2v) is 6.70. The van der Waals surface area contributed by atoms with Gasteiger partial charge in [-0.25, -0.2) is 0 Å². The third kappa shape index (κ3) is 7.83. The lowest BCUT2D eigenvalue weighted by molar-refractivity contribution is 0.181. The topological polar surface area (TPSA) is 53.6 Å². The van der Waals surface area contributed by atoms with E-state index in [1.165, 1.54) is 44.5 Å². The predicted molar refractivity (Wildman–Crippen MR) is 115 cm³/mol. The summed E-state index contributed by atoms with van der Waals surface area (Å²) >= 11 is 0. The Bertz CT molecular complexity index is 504. The maximum absolute atomic E-state index is 5.97. The summed E-state index contributed by atoms with van der Waals surface area (Å²) in [6.07, 6.45) is 6.08. The zero-order valence-corrected chi connectivity index (χ0v) is 17.5. The Morgan fingerprint density at radius 1 is 1.38 bits per heavy atom. The first-order chi connectivity index (χ1) is 11.2. The molecule has 1 unspecified atom stereocenters. The molecule has 0 spiro atoms. The van der Waals surface area contributed by atoms with E-state index in [0.29, 0.717) is 5.96 Å². The van der Waals surface area contributed by atoms with Crippen LogP contribution in [0.25, 0.3) is 0 Å². The molecule has 1 aromatic rings. The van der Waals surface area contributed by atoms with Crippen molar-refractivity contribution in [2.45, 2.75) is 46.0 Å². The quantitative estimate of drug-likeness (QED) is 0.288. The van der Waals surface area contributed by atoms with Crippen LogP contribution in [0.3, 0.4) is 0 Å². The van der Waals surface area contributed by atoms with E-state index in [2.05, 4.69) is 41.2 Å². The van der Waals surface area contributed by atoms with E-state index in [1.807, 2.05) is 12.1 Å². The molecule has 1 aliphatic heterocycles. The van der Waals surface area contributed by atoms with Crippen LogP contribution in [0.2, 0.25) is 0 Å². The third-order valence-corrected chi connectivity index (χ3v) is 4.51. The average molecular weight is 444 g/mol. The van der Waals surface area contributed by atoms with Crippen LogP contribution in [0.4, 0.5) is 5.69 Å². The minimum absolute atomic E-state index is 0. The number of nitrogens with two attached hydrogens (primary N) is 1. The van der Waals surface area contributed by atoms with E-state index in [1.54, 1.807) is 0 Å². The molecular formula is C19H33IN4. The monoisotopic (exact) mass is 444 g/mol. The zero-order chi connectivity index (χ0) is 16.5. The molecule has 0 saturated carbocycles. The van der Waals surface area contributed by atoms with Crippen molar-refractivity contribution in [3.63, 3.8) is 0 Å². The number of nitrogens with zero attached hydrogens (tertiary/aromatic N) is 2. The number of aliphatic imine (C=N–C) groups is 1. The number of nitrogens with one attached hydrogen (secondary N) is 1. The van der Waals surface area contributed by atoms with Crippen LogP contribution < -0.4 is 11.1 Å². The van der Waals surface area contributed by atoms with Crippen molar-refractivity contribution in [3.8, 4) is 0 Å². The molecule has 1 fully saturated rings. The first-order valence-corrected chi connectivity index (χ1v) is 9.05. The normalized spacial score (nSPS) is 18.9. The lowest BCUT2D eigenvalue weighted by Gasteiger charge is -2.30. The van der Waals surface area contributed by atoms with E-state index in [4.69, 9.17) is 5.73 Å². The van der Waals surface area contributed by atoms with Crippen molar-refractivity contribution in [2.75, 3.05) is 31.5 Å². The number of anilines is 1. The Morgan fingerprint density at radius 3 is 2.96 bits per heavy atom. The minimum Gasteiger partial charge on any atom is -0.370 e. The SMILES string of the molecule is CCc1cccc(NC(N)=NCCCCN2CCCC(C)C2)c1.I. The van der Waals surface area contributed by atoms with Gasteiger partial charge in [0.05, 0.1) is 0 Å². The number of aryl methyl sites for hydroxylation is 1. The van der Waals surface area contributed by atoms with Gasteiger partial charge in [0.2, 0.25) is 0 Å². The van der Waals surface area contributed by atoms with Crippen molar-refractivity contribution < 1.29 is 0 Å². The highest BCUT2D eigenvalue weighted by Crippen LogP contribution is 2.15. The highest BCUT2D eigenvalue weighted by atomic mass is 127. The minimum atomic E-state index is 0. The van der Waals surface area contributed by atoms with Gasteiger partial charge in [0, 0.05) is 18.8 Å². The van der Waals surface area contributed by atoms with Crippen molar-refractivity contribution in [2.24, 2.45) is 16.6 Å². The standard InChI is InChI=1S/C19H32N4.HI/c1-3-17-9-6-10-18(14-17)22-19(20)21-11-4-5-12-23-13-7-8-16(2)15-23;/h6,9-10,14,16H,3-5,7-8,11-13,15H2,1-2H3,(H3,20,21,22);1H. The Labute approximate surface area is 164 Å². The second-order valence-electron chi connectivity index (χ2n) is 6.70. The summed E-state index contributed by atoms with van der Waals surface area (Å²) in [5.41, 5.74) is 8.29. The lowest BCUT2D eigenvalue weighted by atomic mass is 10.0. The van der Waals surface area contributed by atoms with Crippen molar-refractivity contribution in [1.82, 2.24) is 4.90 Å². The summed E-state index contributed by atoms with van der Waals surface area (Å²) in [6.45, 7) is 9.04. The van der Waals surface area contributed by atoms with Gasteiger partial charge < -0.3 is 16.0 Å². The molecule has 3 N–H and O–H groups in total. The van der Waals surface area contributed by atoms with E-state index < -0.39 is 0 Å². The summed E-state index contributed by atoms with van der Waals surface area (Å²) in [6, 6.07) is 8.33. The van der Waals surface area contributed by atoms with Crippen LogP contribution >= 0.6 is 24.0 Å². The average Bonchev–Trinajstić information content (AvgIpc) is 2.55. The molecule has 0 radical (unpaired) electrons. The number of halogens is 1. The third-order valence-electron chi connectivity index (χ3n) is 4.51. The number of piperidine rings is 1. The summed E-state index contributed by atoms with van der Waals surface area (Å²) in [5, 5.41) is 3.18. The van der Waals surface area contributed by atoms with Gasteiger partial charge in [-0.3, -0.25) is 4.99 Å². The smallest absolute Gasteiger partial charge is 0.193 e. The molecule has 1 aliphatic rings. The number of unbranched alkanes of at least 4 members (excludes halogenated alkanes) is 1. The highest BCUT2D eigenvalue weighted by Gasteiger charge is 2.15. The van der Waals surface area contributed by atoms with Crippen LogP contribution in [0.5, 0.6) is 0 Å². The Kier molecular flexibility index (Phi) is 10.3. The van der Waals surface area contributed by atoms with Gasteiger partial charge >= 0.3 is 0 Å². The lowest BCUT2D eigenvalue weighted by Crippen LogP contribution is -2.35. The van der Waals surface area contributed by atoms with Gasteiger partial charge in [-0.1, -0.05) is 26.0 Å². The fourth-order valence-corrected chi connectivity index (χ4v) is 3.19. The molecule has 1 atom stereocenters. The molecule has 2 rings (SSSR count). The van der Waals surface area contributed by atoms with Crippen molar-refractivity contribution >= 4 is 35.6 Å². The van der Waals surface area contributed by atoms with Crippen LogP contribution in [-0.2, 0) is 6.42 Å². The Morgan fingerprint density at radius 2 is 2.21 bits per heavy atom. The fourth-order valence-electron chi connectivity index (χ4n) is 3.19. The molecule has 0 amide bonds. The molecule has 1 heterocycles. The fraction of sp³-hybridized carbons (Fsp3) is 0.632. The number of benzene rings is 1. The van der Waals surface area contributed by atoms with E-state index in [0.717, 1.165) is 31.0 Å². The Hall–Kier alpha value is -0.820. The van der Waals surface area contributed by atoms with E-state index in [9.17, 15) is 0 Å². The zero-order valence-electron chi connectivity index (χ0n) is 15.1. The number of guanidine groups is 1.